The third kappa shape index (κ3) is 3.66. The van der Waals surface area contributed by atoms with Gasteiger partial charge in [0.15, 0.2) is 5.84 Å². The summed E-state index contributed by atoms with van der Waals surface area (Å²) in [6, 6.07) is 15.3. The predicted octanol–water partition coefficient (Wildman–Crippen LogP) is 2.32. The van der Waals surface area contributed by atoms with Gasteiger partial charge in [-0.1, -0.05) is 31.2 Å². The topological polar surface area (TPSA) is 110 Å². The summed E-state index contributed by atoms with van der Waals surface area (Å²) in [5, 5.41) is 4.50. The van der Waals surface area contributed by atoms with Crippen molar-refractivity contribution in [3.63, 3.8) is 0 Å². The number of amidine groups is 1. The first-order chi connectivity index (χ1) is 12.7. The molecule has 0 aliphatic carbocycles. The predicted molar refractivity (Wildman–Crippen MR) is 106 cm³/mol. The number of aromatic nitrogens is 1. The Morgan fingerprint density at radius 3 is 2.77 bits per heavy atom. The Bertz CT molecular complexity index is 919. The van der Waals surface area contributed by atoms with Gasteiger partial charge >= 0.3 is 0 Å². The number of amides is 1. The molecule has 0 aliphatic heterocycles. The van der Waals surface area contributed by atoms with E-state index in [1.165, 1.54) is 0 Å². The van der Waals surface area contributed by atoms with Gasteiger partial charge in [-0.15, -0.1) is 11.3 Å². The second-order valence-corrected chi connectivity index (χ2v) is 6.70. The molecule has 0 saturated heterocycles. The molecule has 3 aromatic rings. The maximum atomic E-state index is 12.6. The smallest absolute Gasteiger partial charge is 0.227 e. The highest BCUT2D eigenvalue weighted by Crippen LogP contribution is 2.26. The molecule has 0 unspecified atom stereocenters. The van der Waals surface area contributed by atoms with Crippen molar-refractivity contribution in [3.05, 3.63) is 59.1 Å². The van der Waals surface area contributed by atoms with Crippen LogP contribution in [-0.4, -0.2) is 16.7 Å². The minimum Gasteiger partial charge on any atom is -0.321 e. The van der Waals surface area contributed by atoms with E-state index < -0.39 is 0 Å². The van der Waals surface area contributed by atoms with Crippen LogP contribution in [0.3, 0.4) is 0 Å². The third-order valence-corrected chi connectivity index (χ3v) is 4.95. The first-order valence-electron chi connectivity index (χ1n) is 8.16. The maximum Gasteiger partial charge on any atom is 0.227 e. The molecule has 8 heteroatoms. The van der Waals surface area contributed by atoms with Crippen LogP contribution in [0.1, 0.15) is 23.9 Å². The van der Waals surface area contributed by atoms with Crippen LogP contribution >= 0.6 is 11.3 Å². The second kappa shape index (κ2) is 7.94. The van der Waals surface area contributed by atoms with Crippen molar-refractivity contribution in [2.24, 2.45) is 16.8 Å². The van der Waals surface area contributed by atoms with Gasteiger partial charge in [0.1, 0.15) is 5.01 Å². The minimum absolute atomic E-state index is 0.00773. The summed E-state index contributed by atoms with van der Waals surface area (Å²) in [5.41, 5.74) is 4.84. The summed E-state index contributed by atoms with van der Waals surface area (Å²) >= 11 is 1.59. The number of hydrogen-bond donors (Lipinski definition) is 3. The molecule has 1 aromatic heterocycles. The number of para-hydroxylation sites is 1. The Balaban J connectivity index is 1.96. The standard InChI is InChI=1S/C18H20N6OS/c1-2-17(25)24(11-16-21-14-8-3-4-9-15(14)26-16)13-7-5-6-12(10-13)18(22-19)23-20/h3-10H,2,11,19-20H2,1H3,(H,22,23). The maximum absolute atomic E-state index is 12.6. The summed E-state index contributed by atoms with van der Waals surface area (Å²) in [5.74, 6) is 11.1. The molecule has 1 heterocycles. The Hall–Kier alpha value is -2.97. The molecule has 0 saturated carbocycles. The number of hydrazine groups is 1. The van der Waals surface area contributed by atoms with Crippen LogP contribution in [0, 0.1) is 0 Å². The fourth-order valence-electron chi connectivity index (χ4n) is 2.65. The molecule has 0 spiro atoms. The van der Waals surface area contributed by atoms with Gasteiger partial charge in [0, 0.05) is 17.7 Å². The van der Waals surface area contributed by atoms with Crippen LogP contribution in [0.2, 0.25) is 0 Å². The molecule has 134 valence electrons. The first-order valence-corrected chi connectivity index (χ1v) is 8.97. The zero-order valence-corrected chi connectivity index (χ0v) is 15.2. The minimum atomic E-state index is 0.00773. The van der Waals surface area contributed by atoms with Gasteiger partial charge < -0.3 is 16.2 Å². The summed E-state index contributed by atoms with van der Waals surface area (Å²) < 4.78 is 1.10. The number of benzene rings is 2. The van der Waals surface area contributed by atoms with E-state index in [9.17, 15) is 4.79 Å². The van der Waals surface area contributed by atoms with Crippen molar-refractivity contribution in [3.8, 4) is 0 Å². The van der Waals surface area contributed by atoms with E-state index in [-0.39, 0.29) is 5.91 Å². The zero-order valence-electron chi connectivity index (χ0n) is 14.3. The van der Waals surface area contributed by atoms with Gasteiger partial charge in [-0.2, -0.15) is 5.10 Å². The molecule has 0 fully saturated rings. The molecule has 5 N–H and O–H groups in total. The van der Waals surface area contributed by atoms with Crippen molar-refractivity contribution in [1.82, 2.24) is 10.4 Å². The van der Waals surface area contributed by atoms with Gasteiger partial charge in [-0.25, -0.2) is 10.8 Å². The number of carbonyl (C=O) groups excluding carboxylic acids is 1. The van der Waals surface area contributed by atoms with Crippen molar-refractivity contribution in [2.75, 3.05) is 4.90 Å². The highest BCUT2D eigenvalue weighted by molar-refractivity contribution is 7.18. The van der Waals surface area contributed by atoms with Crippen molar-refractivity contribution < 1.29 is 4.79 Å². The lowest BCUT2D eigenvalue weighted by atomic mass is 10.1. The van der Waals surface area contributed by atoms with E-state index in [1.807, 2.05) is 55.5 Å². The number of rotatable bonds is 5. The van der Waals surface area contributed by atoms with E-state index in [0.717, 1.165) is 20.9 Å². The normalized spacial score (nSPS) is 11.5. The van der Waals surface area contributed by atoms with Crippen LogP contribution in [0.25, 0.3) is 10.2 Å². The molecule has 26 heavy (non-hydrogen) atoms. The fourth-order valence-corrected chi connectivity index (χ4v) is 3.61. The number of hydrogen-bond acceptors (Lipinski definition) is 6. The Morgan fingerprint density at radius 1 is 1.27 bits per heavy atom. The van der Waals surface area contributed by atoms with Crippen LogP contribution in [0.15, 0.2) is 53.6 Å². The summed E-state index contributed by atoms with van der Waals surface area (Å²) in [6.45, 7) is 2.24. The molecule has 7 nitrogen and oxygen atoms in total. The van der Waals surface area contributed by atoms with Crippen LogP contribution < -0.4 is 22.0 Å². The fraction of sp³-hybridized carbons (Fsp3) is 0.167. The number of fused-ring (bicyclic) bond motifs is 1. The number of hydrazone groups is 1. The molecule has 3 rings (SSSR count). The van der Waals surface area contributed by atoms with Gasteiger partial charge in [-0.05, 0) is 24.3 Å². The summed E-state index contributed by atoms with van der Waals surface area (Å²) in [4.78, 5) is 18.9. The van der Waals surface area contributed by atoms with Crippen molar-refractivity contribution in [2.45, 2.75) is 19.9 Å². The molecule has 0 radical (unpaired) electrons. The van der Waals surface area contributed by atoms with E-state index >= 15 is 0 Å². The van der Waals surface area contributed by atoms with E-state index in [1.54, 1.807) is 16.2 Å². The molecule has 0 bridgehead atoms. The summed E-state index contributed by atoms with van der Waals surface area (Å²) in [6.07, 6.45) is 0.391. The third-order valence-electron chi connectivity index (χ3n) is 3.93. The van der Waals surface area contributed by atoms with Crippen molar-refractivity contribution in [1.29, 1.82) is 0 Å². The monoisotopic (exact) mass is 368 g/mol. The molecule has 2 aromatic carbocycles. The highest BCUT2D eigenvalue weighted by atomic mass is 32.1. The van der Waals surface area contributed by atoms with Gasteiger partial charge in [0.05, 0.1) is 16.8 Å². The molecule has 0 aliphatic rings. The average molecular weight is 368 g/mol. The molecule has 1 amide bonds. The van der Waals surface area contributed by atoms with E-state index in [0.29, 0.717) is 24.4 Å². The SMILES string of the molecule is CCC(=O)N(Cc1nc2ccccc2s1)c1cccc(C(=NN)NN)c1. The zero-order chi connectivity index (χ0) is 18.5. The lowest BCUT2D eigenvalue weighted by molar-refractivity contribution is -0.118. The van der Waals surface area contributed by atoms with Crippen LogP contribution in [0.5, 0.6) is 0 Å². The van der Waals surface area contributed by atoms with Gasteiger partial charge in [0.25, 0.3) is 0 Å². The van der Waals surface area contributed by atoms with Crippen LogP contribution in [-0.2, 0) is 11.3 Å². The molecular weight excluding hydrogens is 348 g/mol. The molecule has 0 atom stereocenters. The lowest BCUT2D eigenvalue weighted by Gasteiger charge is -2.22. The Kier molecular flexibility index (Phi) is 5.45. The Labute approximate surface area is 155 Å². The quantitative estimate of drug-likeness (QED) is 0.277. The summed E-state index contributed by atoms with van der Waals surface area (Å²) in [7, 11) is 0. The average Bonchev–Trinajstić information content (AvgIpc) is 3.09. The van der Waals surface area contributed by atoms with Crippen molar-refractivity contribution >= 4 is 39.0 Å². The lowest BCUT2D eigenvalue weighted by Crippen LogP contribution is -2.33. The van der Waals surface area contributed by atoms with Gasteiger partial charge in [0.2, 0.25) is 5.91 Å². The van der Waals surface area contributed by atoms with Gasteiger partial charge in [-0.3, -0.25) is 4.79 Å². The van der Waals surface area contributed by atoms with Crippen LogP contribution in [0.4, 0.5) is 5.69 Å². The first kappa shape index (κ1) is 17.8. The largest absolute Gasteiger partial charge is 0.321 e. The Morgan fingerprint density at radius 2 is 2.08 bits per heavy atom. The second-order valence-electron chi connectivity index (χ2n) is 5.58. The number of thiazole rings is 1. The van der Waals surface area contributed by atoms with E-state index in [2.05, 4.69) is 15.5 Å². The number of carbonyl (C=O) groups is 1. The number of nitrogens with one attached hydrogen (secondary N) is 1. The molecular formula is C18H20N6OS. The number of anilines is 1. The highest BCUT2D eigenvalue weighted by Gasteiger charge is 2.18. The van der Waals surface area contributed by atoms with E-state index in [4.69, 9.17) is 11.7 Å². The number of nitrogens with zero attached hydrogens (tertiary/aromatic N) is 3. The number of nitrogens with two attached hydrogens (primary N) is 2.